The predicted octanol–water partition coefficient (Wildman–Crippen LogP) is 5.61. The molecule has 0 fully saturated rings. The molecule has 0 saturated heterocycles. The number of phenols is 1. The van der Waals surface area contributed by atoms with Gasteiger partial charge in [-0.1, -0.05) is 90.2 Å². The van der Waals surface area contributed by atoms with Gasteiger partial charge in [-0.25, -0.2) is 0 Å². The second kappa shape index (κ2) is 9.69. The zero-order chi connectivity index (χ0) is 23.3. The lowest BCUT2D eigenvalue weighted by Crippen LogP contribution is -2.47. The smallest absolute Gasteiger partial charge is 0.300 e. The first-order valence-electron chi connectivity index (χ1n) is 10.3. The molecule has 4 nitrogen and oxygen atoms in total. The van der Waals surface area contributed by atoms with E-state index in [-0.39, 0.29) is 10.8 Å². The van der Waals surface area contributed by atoms with Crippen molar-refractivity contribution in [1.82, 2.24) is 0 Å². The number of phenolic OH excluding ortho intramolecular Hbond substituents is 1. The number of carboxylic acid groups (broad SMARTS) is 1. The molecule has 0 spiro atoms. The average Bonchev–Trinajstić information content (AvgIpc) is 2.59. The normalized spacial score (nSPS) is 12.0. The van der Waals surface area contributed by atoms with E-state index in [1.54, 1.807) is 0 Å². The van der Waals surface area contributed by atoms with Crippen molar-refractivity contribution in [3.63, 3.8) is 0 Å². The van der Waals surface area contributed by atoms with Crippen LogP contribution in [0.15, 0.2) is 42.5 Å². The minimum Gasteiger partial charge on any atom is -0.508 e. The van der Waals surface area contributed by atoms with E-state index in [1.807, 2.05) is 12.1 Å². The highest BCUT2D eigenvalue weighted by molar-refractivity contribution is 6.89. The number of ether oxygens (including phenoxy) is 1. The summed E-state index contributed by atoms with van der Waals surface area (Å²) in [5, 5.41) is 19.4. The quantitative estimate of drug-likeness (QED) is 0.619. The monoisotopic (exact) mass is 430 g/mol. The average molecular weight is 431 g/mol. The zero-order valence-corrected chi connectivity index (χ0v) is 21.0. The summed E-state index contributed by atoms with van der Waals surface area (Å²) in [6, 6.07) is 14.6. The minimum atomic E-state index is -1.71. The minimum absolute atomic E-state index is 0.0956. The molecule has 0 heterocycles. The van der Waals surface area contributed by atoms with Gasteiger partial charge in [-0.15, -0.1) is 0 Å². The number of carbonyl (C=O) groups is 1. The van der Waals surface area contributed by atoms with Crippen LogP contribution in [0.25, 0.3) is 0 Å². The lowest BCUT2D eigenvalue weighted by Gasteiger charge is -2.30. The van der Waals surface area contributed by atoms with E-state index in [2.05, 4.69) is 85.0 Å². The summed E-state index contributed by atoms with van der Waals surface area (Å²) in [5.41, 5.74) is 1.76. The number of hydrogen-bond acceptors (Lipinski definition) is 3. The van der Waals surface area contributed by atoms with Crippen molar-refractivity contribution in [2.45, 2.75) is 72.4 Å². The molecule has 0 aromatic heterocycles. The molecule has 2 aromatic rings. The van der Waals surface area contributed by atoms with Crippen molar-refractivity contribution in [2.75, 3.05) is 6.23 Å². The van der Waals surface area contributed by atoms with Gasteiger partial charge in [0, 0.05) is 18.1 Å². The Morgan fingerprint density at radius 2 is 1.40 bits per heavy atom. The van der Waals surface area contributed by atoms with E-state index in [1.165, 1.54) is 5.19 Å². The maximum Gasteiger partial charge on any atom is 0.300 e. The highest BCUT2D eigenvalue weighted by Gasteiger charge is 2.29. The molecule has 30 heavy (non-hydrogen) atoms. The van der Waals surface area contributed by atoms with Crippen molar-refractivity contribution in [3.8, 4) is 11.5 Å². The van der Waals surface area contributed by atoms with Crippen LogP contribution in [0.5, 0.6) is 11.5 Å². The highest BCUT2D eigenvalue weighted by Crippen LogP contribution is 2.40. The summed E-state index contributed by atoms with van der Waals surface area (Å²) in [7, 11) is -1.71. The van der Waals surface area contributed by atoms with Gasteiger partial charge in [0.05, 0.1) is 6.23 Å². The summed E-state index contributed by atoms with van der Waals surface area (Å²) < 4.78 is 6.42. The van der Waals surface area contributed by atoms with Gasteiger partial charge in [-0.3, -0.25) is 4.79 Å². The third kappa shape index (κ3) is 7.52. The Balaban J connectivity index is 0.00000103. The molecule has 0 atom stereocenters. The molecule has 0 bridgehead atoms. The fourth-order valence-electron chi connectivity index (χ4n) is 3.11. The molecule has 0 unspecified atom stereocenters. The molecule has 166 valence electrons. The molecule has 0 aliphatic carbocycles. The first-order chi connectivity index (χ1) is 13.6. The Hall–Kier alpha value is -2.27. The fraction of sp³-hybridized carbons (Fsp3) is 0.480. The molecule has 5 heteroatoms. The molecule has 0 amide bonds. The summed E-state index contributed by atoms with van der Waals surface area (Å²) in [4.78, 5) is 9.00. The van der Waals surface area contributed by atoms with Gasteiger partial charge in [0.25, 0.3) is 5.97 Å². The summed E-state index contributed by atoms with van der Waals surface area (Å²) in [6.45, 7) is 18.6. The van der Waals surface area contributed by atoms with Crippen LogP contribution in [-0.2, 0) is 15.6 Å². The van der Waals surface area contributed by atoms with Gasteiger partial charge < -0.3 is 14.9 Å². The van der Waals surface area contributed by atoms with Gasteiger partial charge in [-0.2, -0.15) is 0 Å². The molecular weight excluding hydrogens is 392 g/mol. The van der Waals surface area contributed by atoms with E-state index in [9.17, 15) is 5.11 Å². The van der Waals surface area contributed by atoms with Crippen LogP contribution < -0.4 is 9.92 Å². The van der Waals surface area contributed by atoms with E-state index in [0.717, 1.165) is 23.8 Å². The Kier molecular flexibility index (Phi) is 8.32. The molecule has 0 aliphatic rings. The van der Waals surface area contributed by atoms with Crippen molar-refractivity contribution >= 4 is 19.2 Å². The van der Waals surface area contributed by atoms with Gasteiger partial charge in [0.1, 0.15) is 19.6 Å². The Labute approximate surface area is 182 Å². The van der Waals surface area contributed by atoms with Crippen LogP contribution in [0.1, 0.15) is 59.6 Å². The SMILES string of the molecule is CC(=O)O.CC(C)(C)c1cc(OC[Si](C)(C)c2ccccc2)c(C(C)(C)C)cc1O. The molecular formula is C25H38O4Si. The summed E-state index contributed by atoms with van der Waals surface area (Å²) in [5.74, 6) is 0.422. The summed E-state index contributed by atoms with van der Waals surface area (Å²) >= 11 is 0. The van der Waals surface area contributed by atoms with Gasteiger partial charge in [0.15, 0.2) is 0 Å². The fourth-order valence-corrected chi connectivity index (χ4v) is 4.88. The molecule has 2 N–H and O–H groups in total. The largest absolute Gasteiger partial charge is 0.508 e. The number of aromatic hydroxyl groups is 1. The van der Waals surface area contributed by atoms with E-state index in [4.69, 9.17) is 14.6 Å². The first-order valence-corrected chi connectivity index (χ1v) is 13.5. The molecule has 0 aliphatic heterocycles. The zero-order valence-electron chi connectivity index (χ0n) is 20.0. The second-order valence-corrected chi connectivity index (χ2v) is 15.1. The van der Waals surface area contributed by atoms with E-state index < -0.39 is 14.0 Å². The number of aliphatic carboxylic acids is 1. The number of carboxylic acids is 1. The van der Waals surface area contributed by atoms with Crippen LogP contribution in [0.2, 0.25) is 13.1 Å². The maximum absolute atomic E-state index is 10.6. The first kappa shape index (κ1) is 25.8. The van der Waals surface area contributed by atoms with Gasteiger partial charge in [-0.05, 0) is 23.0 Å². The number of rotatable bonds is 4. The van der Waals surface area contributed by atoms with Crippen molar-refractivity contribution in [3.05, 3.63) is 53.6 Å². The Morgan fingerprint density at radius 1 is 0.933 bits per heavy atom. The lowest BCUT2D eigenvalue weighted by molar-refractivity contribution is -0.134. The third-order valence-corrected chi connectivity index (χ3v) is 7.62. The molecule has 2 rings (SSSR count). The van der Waals surface area contributed by atoms with E-state index >= 15 is 0 Å². The lowest BCUT2D eigenvalue weighted by atomic mass is 9.81. The van der Waals surface area contributed by atoms with Crippen LogP contribution >= 0.6 is 0 Å². The van der Waals surface area contributed by atoms with Crippen molar-refractivity contribution in [1.29, 1.82) is 0 Å². The molecule has 0 radical (unpaired) electrons. The van der Waals surface area contributed by atoms with Crippen LogP contribution in [0.4, 0.5) is 0 Å². The topological polar surface area (TPSA) is 66.8 Å². The summed E-state index contributed by atoms with van der Waals surface area (Å²) in [6.07, 6.45) is 0.717. The number of benzene rings is 2. The van der Waals surface area contributed by atoms with Crippen LogP contribution in [-0.4, -0.2) is 30.5 Å². The molecule has 0 saturated carbocycles. The van der Waals surface area contributed by atoms with Gasteiger partial charge in [0.2, 0.25) is 0 Å². The number of hydrogen-bond donors (Lipinski definition) is 2. The molecule has 2 aromatic carbocycles. The maximum atomic E-state index is 10.6. The third-order valence-electron chi connectivity index (χ3n) is 4.86. The van der Waals surface area contributed by atoms with Crippen LogP contribution in [0, 0.1) is 0 Å². The Bertz CT molecular complexity index is 840. The van der Waals surface area contributed by atoms with Crippen LogP contribution in [0.3, 0.4) is 0 Å². The predicted molar refractivity (Wildman–Crippen MR) is 128 cm³/mol. The highest BCUT2D eigenvalue weighted by atomic mass is 28.3. The standard InChI is InChI=1S/C23H34O2Si.C2H4O2/c1-22(2,3)18-15-21(19(14-20(18)24)23(4,5)6)25-16-26(7,8)17-12-10-9-11-13-17;1-2(3)4/h9-15,24H,16H2,1-8H3;1H3,(H,3,4). The van der Waals surface area contributed by atoms with E-state index in [0.29, 0.717) is 12.0 Å². The van der Waals surface area contributed by atoms with Gasteiger partial charge >= 0.3 is 0 Å². The van der Waals surface area contributed by atoms with Crippen molar-refractivity contribution in [2.24, 2.45) is 0 Å². The second-order valence-electron chi connectivity index (χ2n) is 10.4. The Morgan fingerprint density at radius 3 is 1.83 bits per heavy atom. The van der Waals surface area contributed by atoms with Crippen molar-refractivity contribution < 1.29 is 19.7 Å².